The first-order chi connectivity index (χ1) is 8.50. The van der Waals surface area contributed by atoms with E-state index in [1.54, 1.807) is 31.1 Å². The second-order valence-corrected chi connectivity index (χ2v) is 4.15. The number of carbonyl (C=O) groups is 3. The smallest absolute Gasteiger partial charge is 0.328 e. The highest BCUT2D eigenvalue weighted by molar-refractivity contribution is 6.20. The van der Waals surface area contributed by atoms with Crippen molar-refractivity contribution in [3.05, 3.63) is 35.4 Å². The summed E-state index contributed by atoms with van der Waals surface area (Å²) in [6, 6.07) is 6.34. The second kappa shape index (κ2) is 4.58. The largest absolute Gasteiger partial charge is 0.347 e. The molecule has 0 bridgehead atoms. The van der Waals surface area contributed by atoms with Gasteiger partial charge in [0, 0.05) is 0 Å². The fourth-order valence-corrected chi connectivity index (χ4v) is 1.64. The van der Waals surface area contributed by atoms with E-state index in [4.69, 9.17) is 4.84 Å². The average molecular weight is 248 g/mol. The molecule has 2 amide bonds. The quantitative estimate of drug-likeness (QED) is 0.720. The van der Waals surface area contributed by atoms with E-state index in [1.807, 2.05) is 0 Å². The minimum Gasteiger partial charge on any atom is -0.328 e. The first kappa shape index (κ1) is 12.3. The van der Waals surface area contributed by atoms with Crippen molar-refractivity contribution in [2.75, 3.05) is 20.6 Å². The van der Waals surface area contributed by atoms with Crippen LogP contribution in [0.2, 0.25) is 0 Å². The Bertz CT molecular complexity index is 490. The number of benzene rings is 1. The second-order valence-electron chi connectivity index (χ2n) is 4.15. The lowest BCUT2D eigenvalue weighted by Crippen LogP contribution is -2.36. The summed E-state index contributed by atoms with van der Waals surface area (Å²) in [5.74, 6) is -1.88. The lowest BCUT2D eigenvalue weighted by molar-refractivity contribution is -0.169. The zero-order valence-corrected chi connectivity index (χ0v) is 10.0. The van der Waals surface area contributed by atoms with Crippen molar-refractivity contribution in [3.63, 3.8) is 0 Å². The molecule has 0 aromatic heterocycles. The highest BCUT2D eigenvalue weighted by Crippen LogP contribution is 2.22. The number of hydroxylamine groups is 2. The van der Waals surface area contributed by atoms with E-state index in [0.717, 1.165) is 0 Å². The van der Waals surface area contributed by atoms with Gasteiger partial charge in [-0.2, -0.15) is 0 Å². The molecule has 18 heavy (non-hydrogen) atoms. The van der Waals surface area contributed by atoms with Crippen molar-refractivity contribution in [2.45, 2.75) is 0 Å². The summed E-state index contributed by atoms with van der Waals surface area (Å²) in [4.78, 5) is 41.5. The van der Waals surface area contributed by atoms with Crippen molar-refractivity contribution in [2.24, 2.45) is 0 Å². The topological polar surface area (TPSA) is 66.9 Å². The van der Waals surface area contributed by atoms with Gasteiger partial charge in [-0.05, 0) is 26.2 Å². The molecule has 0 aliphatic carbocycles. The Hall–Kier alpha value is -2.21. The molecule has 0 N–H and O–H groups in total. The molecule has 0 saturated heterocycles. The molecule has 0 atom stereocenters. The maximum atomic E-state index is 11.8. The van der Waals surface area contributed by atoms with E-state index in [2.05, 4.69) is 0 Å². The van der Waals surface area contributed by atoms with Gasteiger partial charge in [-0.3, -0.25) is 14.5 Å². The van der Waals surface area contributed by atoms with Crippen molar-refractivity contribution in [3.8, 4) is 0 Å². The summed E-state index contributed by atoms with van der Waals surface area (Å²) in [7, 11) is 3.37. The third-order valence-corrected chi connectivity index (χ3v) is 2.40. The average Bonchev–Trinajstić information content (AvgIpc) is 2.54. The molecule has 6 nitrogen and oxygen atoms in total. The third kappa shape index (κ3) is 2.10. The van der Waals surface area contributed by atoms with Gasteiger partial charge in [-0.25, -0.2) is 4.79 Å². The molecule has 1 heterocycles. The SMILES string of the molecule is CN(C)CC(=O)ON1C(=O)c2ccccc2C1=O. The fourth-order valence-electron chi connectivity index (χ4n) is 1.64. The van der Waals surface area contributed by atoms with Crippen LogP contribution in [-0.2, 0) is 9.63 Å². The van der Waals surface area contributed by atoms with Gasteiger partial charge in [0.25, 0.3) is 11.8 Å². The van der Waals surface area contributed by atoms with Gasteiger partial charge in [0.05, 0.1) is 17.7 Å². The van der Waals surface area contributed by atoms with Crippen LogP contribution in [0.15, 0.2) is 24.3 Å². The van der Waals surface area contributed by atoms with Gasteiger partial charge in [0.15, 0.2) is 0 Å². The predicted molar refractivity (Wildman–Crippen MR) is 61.6 cm³/mol. The van der Waals surface area contributed by atoms with Gasteiger partial charge in [-0.1, -0.05) is 17.2 Å². The molecule has 1 aliphatic rings. The molecule has 94 valence electrons. The number of nitrogens with zero attached hydrogens (tertiary/aromatic N) is 2. The zero-order chi connectivity index (χ0) is 13.3. The summed E-state index contributed by atoms with van der Waals surface area (Å²) < 4.78 is 0. The minimum atomic E-state index is -0.658. The van der Waals surface area contributed by atoms with Gasteiger partial charge in [0.1, 0.15) is 0 Å². The standard InChI is InChI=1S/C12H12N2O4/c1-13(2)7-10(15)18-14-11(16)8-5-3-4-6-9(8)12(14)17/h3-6H,7H2,1-2H3. The number of hydrogen-bond acceptors (Lipinski definition) is 5. The van der Waals surface area contributed by atoms with Crippen LogP contribution < -0.4 is 0 Å². The number of likely N-dealkylation sites (N-methyl/N-ethyl adjacent to an activating group) is 1. The summed E-state index contributed by atoms with van der Waals surface area (Å²) in [6.07, 6.45) is 0. The lowest BCUT2D eigenvalue weighted by Gasteiger charge is -2.14. The molecule has 6 heteroatoms. The fraction of sp³-hybridized carbons (Fsp3) is 0.250. The molecule has 0 saturated carbocycles. The van der Waals surface area contributed by atoms with Crippen LogP contribution in [0.5, 0.6) is 0 Å². The van der Waals surface area contributed by atoms with E-state index in [-0.39, 0.29) is 17.7 Å². The Morgan fingerprint density at radius 2 is 1.67 bits per heavy atom. The highest BCUT2D eigenvalue weighted by Gasteiger charge is 2.38. The van der Waals surface area contributed by atoms with Crippen LogP contribution in [0.4, 0.5) is 0 Å². The van der Waals surface area contributed by atoms with Crippen LogP contribution in [0.25, 0.3) is 0 Å². The summed E-state index contributed by atoms with van der Waals surface area (Å²) in [5, 5.41) is 0.510. The predicted octanol–water partition coefficient (Wildman–Crippen LogP) is 0.302. The summed E-state index contributed by atoms with van der Waals surface area (Å²) >= 11 is 0. The number of fused-ring (bicyclic) bond motifs is 1. The van der Waals surface area contributed by atoms with Crippen LogP contribution >= 0.6 is 0 Å². The number of carbonyl (C=O) groups excluding carboxylic acids is 3. The van der Waals surface area contributed by atoms with E-state index >= 15 is 0 Å². The van der Waals surface area contributed by atoms with E-state index in [0.29, 0.717) is 5.06 Å². The molecule has 1 aromatic carbocycles. The molecule has 1 aliphatic heterocycles. The van der Waals surface area contributed by atoms with Crippen LogP contribution in [-0.4, -0.2) is 48.4 Å². The summed E-state index contributed by atoms with van der Waals surface area (Å²) in [5.41, 5.74) is 0.500. The molecule has 0 radical (unpaired) electrons. The Morgan fingerprint density at radius 1 is 1.17 bits per heavy atom. The molecule has 0 spiro atoms. The normalized spacial score (nSPS) is 14.1. The first-order valence-electron chi connectivity index (χ1n) is 5.34. The van der Waals surface area contributed by atoms with Gasteiger partial charge >= 0.3 is 5.97 Å². The van der Waals surface area contributed by atoms with Crippen molar-refractivity contribution < 1.29 is 19.2 Å². The number of amides is 2. The molecular weight excluding hydrogens is 236 g/mol. The maximum absolute atomic E-state index is 11.8. The monoisotopic (exact) mass is 248 g/mol. The Morgan fingerprint density at radius 3 is 2.11 bits per heavy atom. The van der Waals surface area contributed by atoms with E-state index < -0.39 is 17.8 Å². The first-order valence-corrected chi connectivity index (χ1v) is 5.34. The van der Waals surface area contributed by atoms with Crippen LogP contribution in [0.1, 0.15) is 20.7 Å². The Balaban J connectivity index is 2.16. The molecule has 2 rings (SSSR count). The van der Waals surface area contributed by atoms with E-state index in [9.17, 15) is 14.4 Å². The molecule has 0 unspecified atom stereocenters. The molecular formula is C12H12N2O4. The van der Waals surface area contributed by atoms with Crippen LogP contribution in [0, 0.1) is 0 Å². The van der Waals surface area contributed by atoms with Gasteiger partial charge < -0.3 is 4.84 Å². The van der Waals surface area contributed by atoms with Crippen molar-refractivity contribution in [1.29, 1.82) is 0 Å². The number of rotatable bonds is 3. The highest BCUT2D eigenvalue weighted by atomic mass is 16.7. The van der Waals surface area contributed by atoms with Crippen LogP contribution in [0.3, 0.4) is 0 Å². The maximum Gasteiger partial charge on any atom is 0.347 e. The van der Waals surface area contributed by atoms with Gasteiger partial charge in [-0.15, -0.1) is 0 Å². The molecule has 1 aromatic rings. The van der Waals surface area contributed by atoms with Crippen molar-refractivity contribution >= 4 is 17.8 Å². The van der Waals surface area contributed by atoms with Crippen molar-refractivity contribution in [1.82, 2.24) is 9.96 Å². The molecule has 0 fully saturated rings. The number of imide groups is 1. The number of hydrogen-bond donors (Lipinski definition) is 0. The Kier molecular flexibility index (Phi) is 3.12. The zero-order valence-electron chi connectivity index (χ0n) is 10.0. The lowest BCUT2D eigenvalue weighted by atomic mass is 10.1. The minimum absolute atomic E-state index is 0.00654. The summed E-state index contributed by atoms with van der Waals surface area (Å²) in [6.45, 7) is -0.00654. The van der Waals surface area contributed by atoms with Gasteiger partial charge in [0.2, 0.25) is 0 Å². The Labute approximate surface area is 104 Å². The third-order valence-electron chi connectivity index (χ3n) is 2.40. The van der Waals surface area contributed by atoms with E-state index in [1.165, 1.54) is 12.1 Å².